The van der Waals surface area contributed by atoms with Crippen molar-refractivity contribution in [2.45, 2.75) is 9.79 Å². The maximum atomic E-state index is 13.3. The maximum Gasteiger partial charge on any atom is 1.00 e. The normalized spacial score (nSPS) is 12.8. The Labute approximate surface area is 326 Å². The van der Waals surface area contributed by atoms with E-state index in [1.54, 1.807) is 10.6 Å². The van der Waals surface area contributed by atoms with E-state index in [1.165, 1.54) is 0 Å². The van der Waals surface area contributed by atoms with Gasteiger partial charge in [0.05, 0.1) is 32.0 Å². The second-order valence-electron chi connectivity index (χ2n) is 7.37. The zero-order valence-electron chi connectivity index (χ0n) is 21.8. The molecule has 0 heterocycles. The molecule has 0 amide bonds. The first kappa shape index (κ1) is 44.7. The average molecular weight is 706 g/mol. The fourth-order valence-electron chi connectivity index (χ4n) is 3.45. The first-order chi connectivity index (χ1) is 17.0. The Balaban J connectivity index is 0. The van der Waals surface area contributed by atoms with Crippen molar-refractivity contribution < 1.29 is 190 Å². The van der Waals surface area contributed by atoms with Gasteiger partial charge in [-0.15, -0.1) is 0 Å². The molecule has 0 saturated heterocycles. The van der Waals surface area contributed by atoms with Gasteiger partial charge >= 0.3 is 118 Å². The molecule has 0 saturated carbocycles. The van der Waals surface area contributed by atoms with Gasteiger partial charge in [-0.3, -0.25) is 9.59 Å². The Bertz CT molecular complexity index is 1740. The van der Waals surface area contributed by atoms with Crippen molar-refractivity contribution in [3.8, 4) is 11.5 Å². The number of rotatable bonds is 8. The molecule has 0 bridgehead atoms. The van der Waals surface area contributed by atoms with Crippen molar-refractivity contribution in [1.29, 1.82) is 0 Å². The van der Waals surface area contributed by atoms with E-state index in [-0.39, 0.29) is 130 Å². The van der Waals surface area contributed by atoms with Gasteiger partial charge in [0.2, 0.25) is 11.6 Å². The summed E-state index contributed by atoms with van der Waals surface area (Å²) in [6, 6.07) is 0.346. The van der Waals surface area contributed by atoms with Crippen LogP contribution in [0.15, 0.2) is 21.9 Å². The summed E-state index contributed by atoms with van der Waals surface area (Å²) in [6.45, 7) is 0. The minimum Gasteiger partial charge on any atom is -0.747 e. The number of hydrogen-bond acceptors (Lipinski definition) is 18. The van der Waals surface area contributed by atoms with Crippen molar-refractivity contribution in [2.24, 2.45) is 0 Å². The van der Waals surface area contributed by atoms with Gasteiger partial charge in [0.1, 0.15) is 63.7 Å². The summed E-state index contributed by atoms with van der Waals surface area (Å²) in [5.74, 6) is -9.88. The first-order valence-corrected chi connectivity index (χ1v) is 15.2. The third kappa shape index (κ3) is 9.81. The van der Waals surface area contributed by atoms with Crippen molar-refractivity contribution in [2.75, 3.05) is 22.4 Å². The minimum absolute atomic E-state index is 0. The SMILES string of the molecule is O=C1c2c(NCS(=O)(=O)[O-])cc(S(=O)(=O)[O-])c(O)c2C(=O)c2c(NCS(=O)(=O)[O-])cc(S(=O)(=O)[O-])c(O)c21.[Na+].[Na+].[Na+].[Na+]. The van der Waals surface area contributed by atoms with E-state index in [4.69, 9.17) is 0 Å². The van der Waals surface area contributed by atoms with Crippen LogP contribution >= 0.6 is 0 Å². The topological polar surface area (TPSA) is 327 Å². The number of carbonyl (C=O) groups excluding carboxylic acids is 2. The van der Waals surface area contributed by atoms with E-state index in [0.29, 0.717) is 0 Å². The molecule has 1 aliphatic rings. The van der Waals surface area contributed by atoms with E-state index in [2.05, 4.69) is 0 Å². The van der Waals surface area contributed by atoms with Gasteiger partial charge in [-0.25, -0.2) is 33.7 Å². The van der Waals surface area contributed by atoms with Gasteiger partial charge in [0.15, 0.2) is 0 Å². The Morgan fingerprint density at radius 1 is 0.548 bits per heavy atom. The number of carbonyl (C=O) groups is 2. The van der Waals surface area contributed by atoms with Crippen molar-refractivity contribution in [1.82, 2.24) is 0 Å². The molecule has 0 fully saturated rings. The molecule has 0 atom stereocenters. The largest absolute Gasteiger partial charge is 1.00 e. The van der Waals surface area contributed by atoms with Gasteiger partial charge in [0, 0.05) is 11.4 Å². The molecule has 3 rings (SSSR count). The number of phenolic OH excluding ortho intramolecular Hbond substituents is 2. The third-order valence-electron chi connectivity index (χ3n) is 4.86. The van der Waals surface area contributed by atoms with E-state index < -0.39 is 119 Å². The molecule has 42 heavy (non-hydrogen) atoms. The average Bonchev–Trinajstić information content (AvgIpc) is 2.72. The second-order valence-corrected chi connectivity index (χ2v) is 12.9. The molecule has 2 aromatic carbocycles. The summed E-state index contributed by atoms with van der Waals surface area (Å²) >= 11 is 0. The molecule has 0 spiro atoms. The Morgan fingerprint density at radius 2 is 0.810 bits per heavy atom. The van der Waals surface area contributed by atoms with Crippen LogP contribution in [0.3, 0.4) is 0 Å². The van der Waals surface area contributed by atoms with Crippen molar-refractivity contribution in [3.63, 3.8) is 0 Å². The smallest absolute Gasteiger partial charge is 0.747 e. The molecule has 208 valence electrons. The molecular formula is C16H10N2Na4O16S4. The molecule has 0 radical (unpaired) electrons. The second kappa shape index (κ2) is 15.5. The summed E-state index contributed by atoms with van der Waals surface area (Å²) in [5.41, 5.74) is -7.10. The molecule has 0 aliphatic heterocycles. The maximum absolute atomic E-state index is 13.3. The van der Waals surface area contributed by atoms with Crippen LogP contribution in [0.4, 0.5) is 11.4 Å². The fourth-order valence-corrected chi connectivity index (χ4v) is 5.32. The van der Waals surface area contributed by atoms with Crippen LogP contribution in [-0.4, -0.2) is 85.4 Å². The standard InChI is InChI=1S/C16H14N2O16S4.4Na/c19-13-7(37(29,30)31)1-5(17-3-35(23,24)25)9-11(13)16(22)10-6(18-4-36(26,27)28)2-8(38(32,33)34)14(20)12(10)15(9)21;;;;/h1-2,17-20H,3-4H2,(H,23,24,25)(H,26,27,28)(H,29,30,31)(H,32,33,34);;;;/q;4*+1/p-4. The summed E-state index contributed by atoms with van der Waals surface area (Å²) in [6.07, 6.45) is 0. The number of phenols is 2. The van der Waals surface area contributed by atoms with E-state index in [0.717, 1.165) is 0 Å². The molecular weight excluding hydrogens is 696 g/mol. The van der Waals surface area contributed by atoms with Crippen LogP contribution in [0, 0.1) is 0 Å². The zero-order valence-corrected chi connectivity index (χ0v) is 33.1. The number of benzene rings is 2. The molecule has 0 aromatic heterocycles. The molecule has 18 nitrogen and oxygen atoms in total. The van der Waals surface area contributed by atoms with E-state index in [1.807, 2.05) is 0 Å². The van der Waals surface area contributed by atoms with Crippen LogP contribution < -0.4 is 129 Å². The zero-order chi connectivity index (χ0) is 29.2. The monoisotopic (exact) mass is 706 g/mol. The van der Waals surface area contributed by atoms with E-state index >= 15 is 0 Å². The van der Waals surface area contributed by atoms with E-state index in [9.17, 15) is 71.7 Å². The number of hydrogen-bond donors (Lipinski definition) is 4. The van der Waals surface area contributed by atoms with Gasteiger partial charge in [-0.05, 0) is 12.1 Å². The summed E-state index contributed by atoms with van der Waals surface area (Å²) in [5, 5.41) is 24.4. The van der Waals surface area contributed by atoms with Gasteiger partial charge < -0.3 is 39.1 Å². The molecule has 2 aromatic rings. The number of fused-ring (bicyclic) bond motifs is 2. The van der Waals surface area contributed by atoms with Crippen LogP contribution in [-0.2, 0) is 40.5 Å². The first-order valence-electron chi connectivity index (χ1n) is 9.20. The quantitative estimate of drug-likeness (QED) is 0.0959. The van der Waals surface area contributed by atoms with Crippen LogP contribution in [0.5, 0.6) is 11.5 Å². The summed E-state index contributed by atoms with van der Waals surface area (Å²) in [7, 11) is -21.7. The summed E-state index contributed by atoms with van der Waals surface area (Å²) < 4.78 is 136. The van der Waals surface area contributed by atoms with Gasteiger partial charge in [0.25, 0.3) is 0 Å². The van der Waals surface area contributed by atoms with Crippen LogP contribution in [0.1, 0.15) is 31.8 Å². The third-order valence-corrected chi connectivity index (χ3v) is 7.55. The number of aromatic hydroxyl groups is 2. The Morgan fingerprint density at radius 3 is 1.02 bits per heavy atom. The predicted octanol–water partition coefficient (Wildman–Crippen LogP) is -14.5. The number of ketones is 2. The molecule has 4 N–H and O–H groups in total. The van der Waals surface area contributed by atoms with Crippen molar-refractivity contribution >= 4 is 63.4 Å². The van der Waals surface area contributed by atoms with Crippen LogP contribution in [0.2, 0.25) is 0 Å². The van der Waals surface area contributed by atoms with Gasteiger partial charge in [-0.2, -0.15) is 0 Å². The van der Waals surface area contributed by atoms with Crippen molar-refractivity contribution in [3.05, 3.63) is 34.4 Å². The summed E-state index contributed by atoms with van der Waals surface area (Å²) in [4.78, 5) is 23.5. The molecule has 1 aliphatic carbocycles. The van der Waals surface area contributed by atoms with Crippen LogP contribution in [0.25, 0.3) is 0 Å². The fraction of sp³-hybridized carbons (Fsp3) is 0.125. The predicted molar refractivity (Wildman–Crippen MR) is 115 cm³/mol. The number of anilines is 2. The Kier molecular flexibility index (Phi) is 16.5. The Hall–Kier alpha value is 0.620. The number of nitrogens with one attached hydrogen (secondary N) is 2. The minimum atomic E-state index is -5.67. The molecule has 0 unspecified atom stereocenters. The van der Waals surface area contributed by atoms with Gasteiger partial charge in [-0.1, -0.05) is 0 Å². The molecule has 26 heteroatoms.